The van der Waals surface area contributed by atoms with Crippen LogP contribution in [-0.4, -0.2) is 65.8 Å². The first kappa shape index (κ1) is 29.1. The largest absolute Gasteiger partial charge is 0.294 e. The standard InChI is InChI=1S/C24H32Cl2F2N2O3S.ClH/c1-2-13-34(32,33)29-15-18-4-5-19(16-29)30(18)23(9-11-24(27,28)12-10-23)8-7-22(31)20-6-3-17(25)14-21(20)26;/h3,6,14,18-19H,2,4-5,7-13,15-16H2,1H3;1H. The number of benzene rings is 1. The van der Waals surface area contributed by atoms with Crippen LogP contribution in [0.5, 0.6) is 0 Å². The van der Waals surface area contributed by atoms with E-state index < -0.39 is 21.5 Å². The summed E-state index contributed by atoms with van der Waals surface area (Å²) in [7, 11) is -3.31. The van der Waals surface area contributed by atoms with Crippen LogP contribution in [0, 0.1) is 0 Å². The predicted molar refractivity (Wildman–Crippen MR) is 138 cm³/mol. The Balaban J connectivity index is 0.00000342. The number of hydrogen-bond donors (Lipinski definition) is 0. The van der Waals surface area contributed by atoms with Gasteiger partial charge in [-0.3, -0.25) is 9.69 Å². The molecule has 1 saturated carbocycles. The van der Waals surface area contributed by atoms with Crippen LogP contribution in [0.15, 0.2) is 18.2 Å². The maximum atomic E-state index is 14.2. The lowest BCUT2D eigenvalue weighted by Crippen LogP contribution is -2.65. The van der Waals surface area contributed by atoms with Gasteiger partial charge in [0.15, 0.2) is 5.78 Å². The summed E-state index contributed by atoms with van der Waals surface area (Å²) in [5, 5.41) is 0.733. The van der Waals surface area contributed by atoms with Crippen molar-refractivity contribution in [2.24, 2.45) is 0 Å². The third-order valence-electron chi connectivity index (χ3n) is 7.81. The number of carbonyl (C=O) groups excluding carboxylic acids is 1. The molecule has 1 aromatic rings. The number of nitrogens with zero attached hydrogens (tertiary/aromatic N) is 2. The molecule has 4 rings (SSSR count). The van der Waals surface area contributed by atoms with E-state index in [1.165, 1.54) is 6.07 Å². The summed E-state index contributed by atoms with van der Waals surface area (Å²) in [6.07, 6.45) is 3.08. The molecular weight excluding hydrogens is 541 g/mol. The predicted octanol–water partition coefficient (Wildman–Crippen LogP) is 6.21. The van der Waals surface area contributed by atoms with Gasteiger partial charge < -0.3 is 0 Å². The van der Waals surface area contributed by atoms with E-state index in [4.69, 9.17) is 23.2 Å². The quantitative estimate of drug-likeness (QED) is 0.347. The van der Waals surface area contributed by atoms with Crippen LogP contribution in [0.25, 0.3) is 0 Å². The topological polar surface area (TPSA) is 57.7 Å². The Morgan fingerprint density at radius 1 is 1.09 bits per heavy atom. The molecular formula is C24H33Cl3F2N2O3S. The van der Waals surface area contributed by atoms with Crippen molar-refractivity contribution < 1.29 is 22.0 Å². The highest BCUT2D eigenvalue weighted by molar-refractivity contribution is 7.89. The molecule has 0 aromatic heterocycles. The van der Waals surface area contributed by atoms with Crippen molar-refractivity contribution in [3.8, 4) is 0 Å². The molecule has 0 N–H and O–H groups in total. The summed E-state index contributed by atoms with van der Waals surface area (Å²) in [5.41, 5.74) is -0.149. The van der Waals surface area contributed by atoms with Gasteiger partial charge >= 0.3 is 0 Å². The first-order chi connectivity index (χ1) is 16.0. The zero-order chi connectivity index (χ0) is 24.7. The number of ketones is 1. The molecule has 1 aromatic carbocycles. The summed E-state index contributed by atoms with van der Waals surface area (Å²) in [5.74, 6) is -2.70. The first-order valence-electron chi connectivity index (χ1n) is 12.1. The Labute approximate surface area is 223 Å². The van der Waals surface area contributed by atoms with Gasteiger partial charge in [-0.2, -0.15) is 4.31 Å². The van der Waals surface area contributed by atoms with E-state index in [-0.39, 0.29) is 60.3 Å². The highest BCUT2D eigenvalue weighted by atomic mass is 35.5. The summed E-state index contributed by atoms with van der Waals surface area (Å²) in [6, 6.07) is 4.74. The normalized spacial score (nSPS) is 26.3. The maximum absolute atomic E-state index is 14.2. The van der Waals surface area contributed by atoms with Crippen LogP contribution >= 0.6 is 35.6 Å². The van der Waals surface area contributed by atoms with Gasteiger partial charge in [-0.15, -0.1) is 12.4 Å². The van der Waals surface area contributed by atoms with Crippen molar-refractivity contribution in [2.45, 2.75) is 88.3 Å². The van der Waals surface area contributed by atoms with Gasteiger partial charge in [-0.05, 0) is 56.7 Å². The number of sulfonamides is 1. The molecule has 3 aliphatic rings. The Bertz CT molecular complexity index is 1020. The van der Waals surface area contributed by atoms with Crippen LogP contribution in [0.2, 0.25) is 10.0 Å². The average molecular weight is 574 g/mol. The van der Waals surface area contributed by atoms with Crippen molar-refractivity contribution in [1.82, 2.24) is 9.21 Å². The Morgan fingerprint density at radius 3 is 2.23 bits per heavy atom. The third kappa shape index (κ3) is 6.15. The highest BCUT2D eigenvalue weighted by Crippen LogP contribution is 2.49. The molecule has 2 atom stereocenters. The van der Waals surface area contributed by atoms with Crippen molar-refractivity contribution in [3.63, 3.8) is 0 Å². The lowest BCUT2D eigenvalue weighted by molar-refractivity contribution is -0.104. The first-order valence-corrected chi connectivity index (χ1v) is 14.5. The van der Waals surface area contributed by atoms with Gasteiger partial charge in [0.25, 0.3) is 0 Å². The number of hydrogen-bond acceptors (Lipinski definition) is 4. The third-order valence-corrected chi connectivity index (χ3v) is 10.4. The van der Waals surface area contributed by atoms with Crippen LogP contribution < -0.4 is 0 Å². The zero-order valence-electron chi connectivity index (χ0n) is 19.8. The second kappa shape index (κ2) is 11.1. The van der Waals surface area contributed by atoms with Crippen molar-refractivity contribution in [3.05, 3.63) is 33.8 Å². The van der Waals surface area contributed by atoms with E-state index in [2.05, 4.69) is 4.90 Å². The zero-order valence-corrected chi connectivity index (χ0v) is 23.0. The van der Waals surface area contributed by atoms with Gasteiger partial charge in [-0.1, -0.05) is 30.1 Å². The van der Waals surface area contributed by atoms with Crippen molar-refractivity contribution in [1.29, 1.82) is 0 Å². The second-order valence-electron chi connectivity index (χ2n) is 10.1. The van der Waals surface area contributed by atoms with Gasteiger partial charge in [-0.25, -0.2) is 17.2 Å². The molecule has 2 heterocycles. The van der Waals surface area contributed by atoms with Gasteiger partial charge in [0, 0.05) is 60.6 Å². The Kier molecular flexibility index (Phi) is 9.20. The molecule has 0 amide bonds. The van der Waals surface area contributed by atoms with Gasteiger partial charge in [0.05, 0.1) is 10.8 Å². The lowest BCUT2D eigenvalue weighted by Gasteiger charge is -2.54. The van der Waals surface area contributed by atoms with E-state index >= 15 is 0 Å². The monoisotopic (exact) mass is 572 g/mol. The van der Waals surface area contributed by atoms with Crippen molar-refractivity contribution in [2.75, 3.05) is 18.8 Å². The van der Waals surface area contributed by atoms with E-state index in [9.17, 15) is 22.0 Å². The number of Topliss-reactive ketones (excluding diaryl/α,β-unsaturated/α-hetero) is 1. The van der Waals surface area contributed by atoms with E-state index in [1.807, 2.05) is 6.92 Å². The minimum Gasteiger partial charge on any atom is -0.294 e. The van der Waals surface area contributed by atoms with Crippen LogP contribution in [-0.2, 0) is 10.0 Å². The molecule has 1 aliphatic carbocycles. The molecule has 198 valence electrons. The molecule has 5 nitrogen and oxygen atoms in total. The Morgan fingerprint density at radius 2 is 1.69 bits per heavy atom. The van der Waals surface area contributed by atoms with Crippen molar-refractivity contribution >= 4 is 51.4 Å². The SMILES string of the molecule is CCCS(=O)(=O)N1CC2CCC(C1)N2C1(CCC(=O)c2ccc(Cl)cc2Cl)CCC(F)(F)CC1.Cl. The minimum absolute atomic E-state index is 0. The Hall–Kier alpha value is -0.510. The van der Waals surface area contributed by atoms with Gasteiger partial charge in [0.2, 0.25) is 15.9 Å². The fourth-order valence-electron chi connectivity index (χ4n) is 6.17. The number of rotatable bonds is 8. The lowest BCUT2D eigenvalue weighted by atomic mass is 9.74. The summed E-state index contributed by atoms with van der Waals surface area (Å²) < 4.78 is 55.4. The molecule has 2 aliphatic heterocycles. The summed E-state index contributed by atoms with van der Waals surface area (Å²) >= 11 is 12.2. The minimum atomic E-state index is -3.31. The highest BCUT2D eigenvalue weighted by Gasteiger charge is 2.54. The smallest absolute Gasteiger partial charge is 0.248 e. The van der Waals surface area contributed by atoms with E-state index in [0.29, 0.717) is 49.4 Å². The summed E-state index contributed by atoms with van der Waals surface area (Å²) in [4.78, 5) is 15.4. The fraction of sp³-hybridized carbons (Fsp3) is 0.708. The maximum Gasteiger partial charge on any atom is 0.248 e. The van der Waals surface area contributed by atoms with E-state index in [1.54, 1.807) is 16.4 Å². The fourth-order valence-corrected chi connectivity index (χ4v) is 8.25. The molecule has 3 fully saturated rings. The molecule has 2 bridgehead atoms. The number of alkyl halides is 2. The number of fused-ring (bicyclic) bond motifs is 2. The molecule has 11 heteroatoms. The molecule has 35 heavy (non-hydrogen) atoms. The van der Waals surface area contributed by atoms with Crippen LogP contribution in [0.4, 0.5) is 8.78 Å². The molecule has 2 unspecified atom stereocenters. The number of halogens is 5. The number of piperazine rings is 1. The number of carbonyl (C=O) groups is 1. The molecule has 0 radical (unpaired) electrons. The summed E-state index contributed by atoms with van der Waals surface area (Å²) in [6.45, 7) is 2.64. The van der Waals surface area contributed by atoms with Crippen LogP contribution in [0.3, 0.4) is 0 Å². The second-order valence-corrected chi connectivity index (χ2v) is 13.0. The molecule has 0 spiro atoms. The van der Waals surface area contributed by atoms with E-state index in [0.717, 1.165) is 12.8 Å². The van der Waals surface area contributed by atoms with Gasteiger partial charge in [0.1, 0.15) is 0 Å². The average Bonchev–Trinajstić information content (AvgIpc) is 3.03. The van der Waals surface area contributed by atoms with Crippen LogP contribution in [0.1, 0.15) is 75.1 Å². The molecule has 2 saturated heterocycles.